The molecule has 1 aromatic heterocycles. The Labute approximate surface area is 139 Å². The Hall–Kier alpha value is -3.20. The summed E-state index contributed by atoms with van der Waals surface area (Å²) >= 11 is 0. The van der Waals surface area contributed by atoms with Gasteiger partial charge in [-0.2, -0.15) is 0 Å². The maximum absolute atomic E-state index is 13.3. The maximum atomic E-state index is 13.3. The summed E-state index contributed by atoms with van der Waals surface area (Å²) in [5.74, 6) is 0. The third-order valence-electron chi connectivity index (χ3n) is 4.23. The second kappa shape index (κ2) is 5.78. The van der Waals surface area contributed by atoms with Crippen LogP contribution in [-0.4, -0.2) is 9.55 Å². The van der Waals surface area contributed by atoms with Gasteiger partial charge in [0.25, 0.3) is 0 Å². The molecule has 0 amide bonds. The van der Waals surface area contributed by atoms with Gasteiger partial charge in [0.05, 0.1) is 17.4 Å². The molecule has 0 aliphatic carbocycles. The first-order chi connectivity index (χ1) is 11.7. The van der Waals surface area contributed by atoms with Crippen LogP contribution in [0.3, 0.4) is 0 Å². The Bertz CT molecular complexity index is 1070. The molecule has 116 valence electrons. The molecule has 1 heterocycles. The van der Waals surface area contributed by atoms with E-state index in [-0.39, 0.29) is 5.43 Å². The molecule has 0 atom stereocenters. The number of nitrogens with zero attached hydrogens (tertiary/aromatic N) is 2. The summed E-state index contributed by atoms with van der Waals surface area (Å²) in [4.78, 5) is 17.7. The Kier molecular flexibility index (Phi) is 3.47. The van der Waals surface area contributed by atoms with Crippen LogP contribution in [0.5, 0.6) is 0 Å². The van der Waals surface area contributed by atoms with E-state index in [9.17, 15) is 4.79 Å². The number of hydrogen-bond donors (Lipinski definition) is 0. The number of imidazole rings is 1. The van der Waals surface area contributed by atoms with Gasteiger partial charge in [0.2, 0.25) is 0 Å². The molecular formula is C21H16N2O. The summed E-state index contributed by atoms with van der Waals surface area (Å²) in [7, 11) is 1.94. The van der Waals surface area contributed by atoms with Crippen molar-refractivity contribution in [3.63, 3.8) is 0 Å². The molecule has 0 radical (unpaired) electrons. The van der Waals surface area contributed by atoms with Gasteiger partial charge in [0.1, 0.15) is 0 Å². The fourth-order valence-corrected chi connectivity index (χ4v) is 2.96. The highest BCUT2D eigenvalue weighted by Gasteiger charge is 2.12. The minimum absolute atomic E-state index is 0.0189. The van der Waals surface area contributed by atoms with E-state index in [0.717, 1.165) is 22.2 Å². The minimum atomic E-state index is 0.0189. The predicted octanol–water partition coefficient (Wildman–Crippen LogP) is 4.27. The van der Waals surface area contributed by atoms with Crippen molar-refractivity contribution >= 4 is 11.0 Å². The molecule has 3 aromatic carbocycles. The topological polar surface area (TPSA) is 34.9 Å². The van der Waals surface area contributed by atoms with Crippen molar-refractivity contribution in [1.82, 2.24) is 9.55 Å². The van der Waals surface area contributed by atoms with E-state index >= 15 is 0 Å². The number of aryl methyl sites for hydroxylation is 1. The lowest BCUT2D eigenvalue weighted by molar-refractivity contribution is 0.947. The highest BCUT2D eigenvalue weighted by molar-refractivity contribution is 5.85. The Morgan fingerprint density at radius 1 is 0.792 bits per heavy atom. The van der Waals surface area contributed by atoms with Crippen molar-refractivity contribution in [2.75, 3.05) is 0 Å². The lowest BCUT2D eigenvalue weighted by Crippen LogP contribution is -2.04. The van der Waals surface area contributed by atoms with Crippen molar-refractivity contribution in [2.24, 2.45) is 7.05 Å². The number of hydrogen-bond acceptors (Lipinski definition) is 2. The van der Waals surface area contributed by atoms with Crippen molar-refractivity contribution in [3.8, 4) is 22.3 Å². The first kappa shape index (κ1) is 14.4. The largest absolute Gasteiger partial charge is 0.334 e. The molecule has 0 fully saturated rings. The Balaban J connectivity index is 2.14. The lowest BCUT2D eigenvalue weighted by atomic mass is 10.0. The number of benzene rings is 2. The van der Waals surface area contributed by atoms with E-state index in [0.29, 0.717) is 11.1 Å². The fourth-order valence-electron chi connectivity index (χ4n) is 2.96. The third kappa shape index (κ3) is 2.40. The zero-order chi connectivity index (χ0) is 16.5. The predicted molar refractivity (Wildman–Crippen MR) is 97.9 cm³/mol. The van der Waals surface area contributed by atoms with E-state index in [1.54, 1.807) is 6.33 Å². The molecule has 0 aliphatic rings. The number of fused-ring (bicyclic) bond motifs is 1. The molecule has 0 saturated carbocycles. The summed E-state index contributed by atoms with van der Waals surface area (Å²) in [6.07, 6.45) is 1.78. The van der Waals surface area contributed by atoms with Crippen LogP contribution in [-0.2, 0) is 7.05 Å². The van der Waals surface area contributed by atoms with Crippen LogP contribution in [0.2, 0.25) is 0 Å². The van der Waals surface area contributed by atoms with Gasteiger partial charge in [0, 0.05) is 18.2 Å². The first-order valence-electron chi connectivity index (χ1n) is 7.84. The minimum Gasteiger partial charge on any atom is -0.334 e. The van der Waals surface area contributed by atoms with Gasteiger partial charge in [0.15, 0.2) is 5.43 Å². The van der Waals surface area contributed by atoms with E-state index in [4.69, 9.17) is 0 Å². The molecule has 0 N–H and O–H groups in total. The SMILES string of the molecule is Cn1cnc2cc(-c3ccccc3)c(=O)c(-c3ccccc3)cc21. The second-order valence-electron chi connectivity index (χ2n) is 5.80. The quantitative estimate of drug-likeness (QED) is 0.554. The van der Waals surface area contributed by atoms with Gasteiger partial charge in [-0.15, -0.1) is 0 Å². The molecule has 0 bridgehead atoms. The van der Waals surface area contributed by atoms with Gasteiger partial charge in [-0.05, 0) is 23.3 Å². The van der Waals surface area contributed by atoms with Crippen molar-refractivity contribution < 1.29 is 0 Å². The lowest BCUT2D eigenvalue weighted by Gasteiger charge is -2.01. The smallest absolute Gasteiger partial charge is 0.194 e. The zero-order valence-electron chi connectivity index (χ0n) is 13.3. The summed E-state index contributed by atoms with van der Waals surface area (Å²) in [6.45, 7) is 0. The molecular weight excluding hydrogens is 296 g/mol. The molecule has 4 rings (SSSR count). The van der Waals surface area contributed by atoms with Gasteiger partial charge in [-0.1, -0.05) is 60.7 Å². The van der Waals surface area contributed by atoms with Crippen LogP contribution in [0.4, 0.5) is 0 Å². The van der Waals surface area contributed by atoms with Crippen LogP contribution in [0, 0.1) is 0 Å². The van der Waals surface area contributed by atoms with Crippen LogP contribution < -0.4 is 5.43 Å². The van der Waals surface area contributed by atoms with Crippen molar-refractivity contribution in [1.29, 1.82) is 0 Å². The molecule has 0 saturated heterocycles. The van der Waals surface area contributed by atoms with Crippen LogP contribution in [0.25, 0.3) is 33.3 Å². The summed E-state index contributed by atoms with van der Waals surface area (Å²) in [5.41, 5.74) is 4.95. The Morgan fingerprint density at radius 2 is 1.33 bits per heavy atom. The highest BCUT2D eigenvalue weighted by atomic mass is 16.1. The second-order valence-corrected chi connectivity index (χ2v) is 5.80. The van der Waals surface area contributed by atoms with E-state index in [1.165, 1.54) is 0 Å². The molecule has 24 heavy (non-hydrogen) atoms. The standard InChI is InChI=1S/C21H16N2O/c1-23-14-22-19-12-17(15-8-4-2-5-9-15)21(24)18(13-20(19)23)16-10-6-3-7-11-16/h2-14H,1H3. The van der Waals surface area contributed by atoms with Gasteiger partial charge in [-0.25, -0.2) is 4.98 Å². The highest BCUT2D eigenvalue weighted by Crippen LogP contribution is 2.24. The van der Waals surface area contributed by atoms with Crippen LogP contribution >= 0.6 is 0 Å². The van der Waals surface area contributed by atoms with E-state index in [1.807, 2.05) is 84.4 Å². The molecule has 0 aliphatic heterocycles. The van der Waals surface area contributed by atoms with Crippen LogP contribution in [0.15, 0.2) is 83.9 Å². The average molecular weight is 312 g/mol. The summed E-state index contributed by atoms with van der Waals surface area (Å²) in [6, 6.07) is 23.4. The molecule has 3 heteroatoms. The molecule has 0 spiro atoms. The van der Waals surface area contributed by atoms with Gasteiger partial charge < -0.3 is 4.57 Å². The first-order valence-corrected chi connectivity index (χ1v) is 7.84. The summed E-state index contributed by atoms with van der Waals surface area (Å²) < 4.78 is 1.94. The molecule has 3 nitrogen and oxygen atoms in total. The summed E-state index contributed by atoms with van der Waals surface area (Å²) in [5, 5.41) is 0. The van der Waals surface area contributed by atoms with Crippen molar-refractivity contribution in [2.45, 2.75) is 0 Å². The fraction of sp³-hybridized carbons (Fsp3) is 0.0476. The monoisotopic (exact) mass is 312 g/mol. The molecule has 0 unspecified atom stereocenters. The van der Waals surface area contributed by atoms with Gasteiger partial charge in [-0.3, -0.25) is 4.79 Å². The van der Waals surface area contributed by atoms with E-state index in [2.05, 4.69) is 4.98 Å². The molecule has 4 aromatic rings. The number of aromatic nitrogens is 2. The van der Waals surface area contributed by atoms with Gasteiger partial charge >= 0.3 is 0 Å². The normalized spacial score (nSPS) is 10.9. The number of rotatable bonds is 2. The zero-order valence-corrected chi connectivity index (χ0v) is 13.3. The maximum Gasteiger partial charge on any atom is 0.194 e. The van der Waals surface area contributed by atoms with Crippen LogP contribution in [0.1, 0.15) is 0 Å². The van der Waals surface area contributed by atoms with E-state index < -0.39 is 0 Å². The van der Waals surface area contributed by atoms with Crippen molar-refractivity contribution in [3.05, 3.63) is 89.3 Å². The average Bonchev–Trinajstić information content (AvgIpc) is 2.89. The third-order valence-corrected chi connectivity index (χ3v) is 4.23. The Morgan fingerprint density at radius 3 is 1.92 bits per heavy atom.